The molecule has 0 saturated carbocycles. The summed E-state index contributed by atoms with van der Waals surface area (Å²) in [5.41, 5.74) is 3.26. The van der Waals surface area contributed by atoms with Crippen molar-refractivity contribution in [1.29, 1.82) is 0 Å². The van der Waals surface area contributed by atoms with Crippen LogP contribution in [0.5, 0.6) is 0 Å². The number of hydrogen-bond acceptors (Lipinski definition) is 8. The Hall–Kier alpha value is -2.83. The van der Waals surface area contributed by atoms with Gasteiger partial charge in [0.25, 0.3) is 5.56 Å². The molecule has 232 valence electrons. The van der Waals surface area contributed by atoms with E-state index in [9.17, 15) is 9.00 Å². The Morgan fingerprint density at radius 2 is 1.91 bits per heavy atom. The number of piperidine rings is 1. The Balaban J connectivity index is 1.17. The molecule has 1 unspecified atom stereocenters. The largest absolute Gasteiger partial charge is 0.383 e. The van der Waals surface area contributed by atoms with Gasteiger partial charge in [0, 0.05) is 25.1 Å². The fourth-order valence-electron chi connectivity index (χ4n) is 6.73. The second-order valence-electron chi connectivity index (χ2n) is 12.4. The Bertz CT molecular complexity index is 1760. The molecule has 2 aliphatic rings. The van der Waals surface area contributed by atoms with Gasteiger partial charge >= 0.3 is 0 Å². The minimum atomic E-state index is -1.40. The van der Waals surface area contributed by atoms with Crippen LogP contribution < -0.4 is 15.6 Å². The first-order chi connectivity index (χ1) is 21.1. The number of benzene rings is 2. The highest BCUT2D eigenvalue weighted by atomic mass is 35.5. The zero-order valence-corrected chi connectivity index (χ0v) is 27.6. The van der Waals surface area contributed by atoms with E-state index in [-0.39, 0.29) is 11.0 Å². The van der Waals surface area contributed by atoms with Crippen molar-refractivity contribution in [2.75, 3.05) is 31.7 Å². The lowest BCUT2D eigenvalue weighted by molar-refractivity contribution is 0.170. The number of fused-ring (bicyclic) bond motifs is 2. The van der Waals surface area contributed by atoms with Crippen molar-refractivity contribution in [3.63, 3.8) is 0 Å². The fraction of sp³-hybridized carbons (Fsp3) is 0.438. The molecule has 3 heterocycles. The summed E-state index contributed by atoms with van der Waals surface area (Å²) in [6.07, 6.45) is 8.96. The van der Waals surface area contributed by atoms with E-state index in [1.165, 1.54) is 33.8 Å². The summed E-state index contributed by atoms with van der Waals surface area (Å²) >= 11 is 8.11. The van der Waals surface area contributed by atoms with Crippen LogP contribution in [-0.4, -0.2) is 55.3 Å². The van der Waals surface area contributed by atoms with Gasteiger partial charge in [-0.25, -0.2) is 19.2 Å². The molecule has 2 aromatic carbocycles. The average Bonchev–Trinajstić information content (AvgIpc) is 3.30. The molecule has 0 bridgehead atoms. The number of hydrogen-bond donors (Lipinski definition) is 1. The maximum absolute atomic E-state index is 13.1. The van der Waals surface area contributed by atoms with Gasteiger partial charge in [0.05, 0.1) is 63.5 Å². The molecule has 0 radical (unpaired) electrons. The molecule has 12 heteroatoms. The highest BCUT2D eigenvalue weighted by Crippen LogP contribution is 2.56. The second kappa shape index (κ2) is 12.5. The SMILES string of the molecule is COCCn1cnc2ccc(Sc3cnc(N4CCC5(CC4)Cc4ccccc4[C@H]5CC(C)(C)S(N)=O)cn3)c(Cl)c2c1=O. The fourth-order valence-corrected chi connectivity index (χ4v) is 8.18. The van der Waals surface area contributed by atoms with Crippen LogP contribution in [0.3, 0.4) is 0 Å². The zero-order chi connectivity index (χ0) is 31.1. The van der Waals surface area contributed by atoms with Crippen molar-refractivity contribution >= 4 is 51.1 Å². The quantitative estimate of drug-likeness (QED) is 0.257. The normalized spacial score (nSPS) is 18.6. The first kappa shape index (κ1) is 31.2. The third-order valence-electron chi connectivity index (χ3n) is 9.30. The predicted molar refractivity (Wildman–Crippen MR) is 177 cm³/mol. The number of methoxy groups -OCH3 is 1. The molecule has 0 amide bonds. The van der Waals surface area contributed by atoms with Crippen LogP contribution in [0.2, 0.25) is 5.02 Å². The average molecular weight is 653 g/mol. The summed E-state index contributed by atoms with van der Waals surface area (Å²) in [6.45, 7) is 6.58. The Morgan fingerprint density at radius 3 is 2.61 bits per heavy atom. The molecular weight excluding hydrogens is 616 g/mol. The Kier molecular flexibility index (Phi) is 8.87. The van der Waals surface area contributed by atoms with Gasteiger partial charge in [-0.1, -0.05) is 47.6 Å². The molecule has 2 atom stereocenters. The number of aromatic nitrogens is 4. The monoisotopic (exact) mass is 652 g/mol. The third-order valence-corrected chi connectivity index (χ3v) is 12.0. The van der Waals surface area contributed by atoms with Crippen molar-refractivity contribution in [2.45, 2.75) is 66.7 Å². The van der Waals surface area contributed by atoms with Crippen molar-refractivity contribution in [3.8, 4) is 0 Å². The van der Waals surface area contributed by atoms with Crippen molar-refractivity contribution in [1.82, 2.24) is 19.5 Å². The highest BCUT2D eigenvalue weighted by molar-refractivity contribution is 7.99. The summed E-state index contributed by atoms with van der Waals surface area (Å²) in [6, 6.07) is 12.4. The van der Waals surface area contributed by atoms with Crippen LogP contribution in [0.15, 0.2) is 69.8 Å². The summed E-state index contributed by atoms with van der Waals surface area (Å²) in [5, 5.41) is 7.36. The lowest BCUT2D eigenvalue weighted by Gasteiger charge is -2.45. The van der Waals surface area contributed by atoms with E-state index >= 15 is 0 Å². The molecule has 1 aliphatic carbocycles. The first-order valence-electron chi connectivity index (χ1n) is 14.8. The topological polar surface area (TPSA) is 116 Å². The molecule has 2 N–H and O–H groups in total. The molecular formula is C32H37ClN6O3S2. The number of ether oxygens (including phenoxy) is 1. The molecule has 1 spiro atoms. The van der Waals surface area contributed by atoms with E-state index in [4.69, 9.17) is 31.4 Å². The highest BCUT2D eigenvalue weighted by Gasteiger charge is 2.49. The molecule has 9 nitrogen and oxygen atoms in total. The second-order valence-corrected chi connectivity index (χ2v) is 15.5. The van der Waals surface area contributed by atoms with Crippen molar-refractivity contribution in [2.24, 2.45) is 10.6 Å². The van der Waals surface area contributed by atoms with Crippen LogP contribution in [0, 0.1) is 5.41 Å². The third kappa shape index (κ3) is 5.92. The van der Waals surface area contributed by atoms with Crippen LogP contribution in [0.25, 0.3) is 10.9 Å². The van der Waals surface area contributed by atoms with Gasteiger partial charge < -0.3 is 9.64 Å². The van der Waals surface area contributed by atoms with E-state index in [2.05, 4.69) is 34.1 Å². The van der Waals surface area contributed by atoms with Crippen molar-refractivity contribution < 1.29 is 8.95 Å². The van der Waals surface area contributed by atoms with Gasteiger partial charge in [0.2, 0.25) is 0 Å². The van der Waals surface area contributed by atoms with Gasteiger partial charge in [-0.2, -0.15) is 0 Å². The smallest absolute Gasteiger partial charge is 0.262 e. The lowest BCUT2D eigenvalue weighted by atomic mass is 9.67. The van der Waals surface area contributed by atoms with Crippen LogP contribution in [0.4, 0.5) is 5.82 Å². The van der Waals surface area contributed by atoms with Crippen LogP contribution >= 0.6 is 23.4 Å². The van der Waals surface area contributed by atoms with E-state index in [1.54, 1.807) is 19.4 Å². The number of anilines is 1. The molecule has 1 fully saturated rings. The summed E-state index contributed by atoms with van der Waals surface area (Å²) in [5.74, 6) is 1.16. The molecule has 1 saturated heterocycles. The van der Waals surface area contributed by atoms with E-state index in [1.807, 2.05) is 26.1 Å². The maximum atomic E-state index is 13.1. The van der Waals surface area contributed by atoms with E-state index in [0.29, 0.717) is 40.0 Å². The van der Waals surface area contributed by atoms with Crippen LogP contribution in [-0.2, 0) is 28.7 Å². The Morgan fingerprint density at radius 1 is 1.14 bits per heavy atom. The van der Waals surface area contributed by atoms with Gasteiger partial charge in [-0.05, 0) is 74.1 Å². The first-order valence-corrected chi connectivity index (χ1v) is 17.2. The Labute approximate surface area is 269 Å². The summed E-state index contributed by atoms with van der Waals surface area (Å²) in [4.78, 5) is 29.9. The van der Waals surface area contributed by atoms with Gasteiger partial charge in [-0.3, -0.25) is 14.5 Å². The molecule has 4 aromatic rings. The van der Waals surface area contributed by atoms with Gasteiger partial charge in [0.15, 0.2) is 0 Å². The lowest BCUT2D eigenvalue weighted by Crippen LogP contribution is -2.45. The number of halogens is 1. The van der Waals surface area contributed by atoms with E-state index in [0.717, 1.165) is 49.5 Å². The predicted octanol–water partition coefficient (Wildman–Crippen LogP) is 5.36. The number of nitrogens with two attached hydrogens (primary N) is 1. The molecule has 6 rings (SSSR count). The van der Waals surface area contributed by atoms with Gasteiger partial charge in [-0.15, -0.1) is 0 Å². The number of rotatable bonds is 9. The molecule has 1 aliphatic heterocycles. The standard InChI is InChI=1S/C32H37ClN6O3S2/c1-31(2,44(34)41)17-23-22-7-5-4-6-21(22)16-32(23)10-12-38(13-11-32)26-18-36-27(19-35-26)43-25-9-8-24-28(29(25)33)30(40)39(20-37-24)14-15-42-3/h4-9,18-20,23H,10-17,34H2,1-3H3/t23-,44?/m1/s1. The van der Waals surface area contributed by atoms with Gasteiger partial charge in [0.1, 0.15) is 10.8 Å². The minimum absolute atomic E-state index is 0.115. The van der Waals surface area contributed by atoms with Crippen molar-refractivity contribution in [3.05, 3.63) is 81.6 Å². The molecule has 2 aromatic heterocycles. The zero-order valence-electron chi connectivity index (χ0n) is 25.2. The maximum Gasteiger partial charge on any atom is 0.262 e. The molecule has 44 heavy (non-hydrogen) atoms. The summed E-state index contributed by atoms with van der Waals surface area (Å²) < 4.78 is 18.5. The van der Waals surface area contributed by atoms with E-state index < -0.39 is 15.7 Å². The number of nitrogens with zero attached hydrogens (tertiary/aromatic N) is 5. The van der Waals surface area contributed by atoms with Crippen LogP contribution in [0.1, 0.15) is 50.2 Å². The minimum Gasteiger partial charge on any atom is -0.383 e. The summed E-state index contributed by atoms with van der Waals surface area (Å²) in [7, 11) is 0.194.